The number of carbonyl (C=O) groups excluding carboxylic acids is 2. The normalized spacial score (nSPS) is 14.3. The highest BCUT2D eigenvalue weighted by atomic mass is 19.4. The van der Waals surface area contributed by atoms with Crippen molar-refractivity contribution >= 4 is 18.1 Å². The Morgan fingerprint density at radius 2 is 1.72 bits per heavy atom. The van der Waals surface area contributed by atoms with Crippen LogP contribution in [0.15, 0.2) is 48.0 Å². The molecule has 39 heavy (non-hydrogen) atoms. The maximum Gasteiger partial charge on any atom is 0.416 e. The second-order valence-electron chi connectivity index (χ2n) is 11.1. The lowest BCUT2D eigenvalue weighted by atomic mass is 9.93. The van der Waals surface area contributed by atoms with Gasteiger partial charge in [0, 0.05) is 38.3 Å². The molecule has 0 unspecified atom stereocenters. The molecule has 9 heteroatoms. The Balaban J connectivity index is 1.85. The van der Waals surface area contributed by atoms with Gasteiger partial charge in [-0.2, -0.15) is 13.2 Å². The number of alkyl halides is 3. The number of ether oxygens (including phenoxy) is 1. The SMILES string of the molecule is C/C(=C\c1cccc2c1CCN(C(=O)OC(C)(C)C)C2)C(=O)N(CCN(C)C)Cc1ccccc1C(F)(F)F. The lowest BCUT2D eigenvalue weighted by molar-refractivity contribution is -0.139. The average Bonchev–Trinajstić information content (AvgIpc) is 2.84. The van der Waals surface area contributed by atoms with Crippen LogP contribution >= 0.6 is 0 Å². The smallest absolute Gasteiger partial charge is 0.416 e. The minimum absolute atomic E-state index is 0.0595. The largest absolute Gasteiger partial charge is 0.444 e. The van der Waals surface area contributed by atoms with Gasteiger partial charge in [0.25, 0.3) is 0 Å². The molecule has 0 N–H and O–H groups in total. The summed E-state index contributed by atoms with van der Waals surface area (Å²) in [6.45, 7) is 8.71. The highest BCUT2D eigenvalue weighted by Gasteiger charge is 2.34. The van der Waals surface area contributed by atoms with Gasteiger partial charge < -0.3 is 19.4 Å². The van der Waals surface area contributed by atoms with Crippen LogP contribution in [0.2, 0.25) is 0 Å². The van der Waals surface area contributed by atoms with Gasteiger partial charge in [0.15, 0.2) is 0 Å². The minimum atomic E-state index is -4.51. The van der Waals surface area contributed by atoms with Gasteiger partial charge in [-0.1, -0.05) is 36.4 Å². The van der Waals surface area contributed by atoms with Crippen LogP contribution < -0.4 is 0 Å². The standard InChI is InChI=1S/C30H38F3N3O3/c1-21(18-22-11-9-12-23-19-36(15-14-25(22)23)28(38)39-29(2,3)4)27(37)35(17-16-34(5)6)20-24-10-7-8-13-26(24)30(31,32)33/h7-13,18H,14-17,19-20H2,1-6H3/b21-18+. The van der Waals surface area contributed by atoms with E-state index < -0.39 is 17.3 Å². The van der Waals surface area contributed by atoms with Crippen molar-refractivity contribution in [3.05, 3.63) is 75.9 Å². The zero-order valence-corrected chi connectivity index (χ0v) is 23.6. The first kappa shape index (κ1) is 30.2. The molecular formula is C30H38F3N3O3. The molecule has 2 aromatic carbocycles. The predicted octanol–water partition coefficient (Wildman–Crippen LogP) is 5.99. The van der Waals surface area contributed by atoms with Crippen molar-refractivity contribution in [2.24, 2.45) is 0 Å². The Morgan fingerprint density at radius 1 is 1.03 bits per heavy atom. The van der Waals surface area contributed by atoms with Crippen LogP contribution in [0.3, 0.4) is 0 Å². The Bertz CT molecular complexity index is 1220. The Hall–Kier alpha value is -3.33. The first-order valence-electron chi connectivity index (χ1n) is 13.0. The molecular weight excluding hydrogens is 507 g/mol. The van der Waals surface area contributed by atoms with Gasteiger partial charge in [-0.25, -0.2) is 4.79 Å². The number of rotatable bonds is 7. The summed E-state index contributed by atoms with van der Waals surface area (Å²) in [6.07, 6.45) is -2.47. The summed E-state index contributed by atoms with van der Waals surface area (Å²) in [7, 11) is 3.71. The molecule has 212 valence electrons. The number of fused-ring (bicyclic) bond motifs is 1. The first-order chi connectivity index (χ1) is 18.2. The summed E-state index contributed by atoms with van der Waals surface area (Å²) in [5, 5.41) is 0. The van der Waals surface area contributed by atoms with Gasteiger partial charge in [-0.05, 0) is 82.6 Å². The van der Waals surface area contributed by atoms with Crippen molar-refractivity contribution < 1.29 is 27.5 Å². The molecule has 2 aromatic rings. The molecule has 1 aliphatic rings. The van der Waals surface area contributed by atoms with E-state index in [4.69, 9.17) is 4.74 Å². The lowest BCUT2D eigenvalue weighted by Crippen LogP contribution is -2.40. The van der Waals surface area contributed by atoms with Gasteiger partial charge in [-0.15, -0.1) is 0 Å². The van der Waals surface area contributed by atoms with E-state index in [1.807, 2.05) is 58.0 Å². The monoisotopic (exact) mass is 545 g/mol. The number of hydrogen-bond acceptors (Lipinski definition) is 4. The lowest BCUT2D eigenvalue weighted by Gasteiger charge is -2.32. The van der Waals surface area contributed by atoms with Gasteiger partial charge in [0.1, 0.15) is 5.60 Å². The zero-order valence-electron chi connectivity index (χ0n) is 23.6. The molecule has 0 spiro atoms. The summed E-state index contributed by atoms with van der Waals surface area (Å²) in [6, 6.07) is 11.1. The molecule has 0 saturated carbocycles. The summed E-state index contributed by atoms with van der Waals surface area (Å²) in [5.74, 6) is -0.322. The van der Waals surface area contributed by atoms with E-state index in [1.165, 1.54) is 17.0 Å². The molecule has 0 bridgehead atoms. The maximum atomic E-state index is 13.6. The molecule has 0 aliphatic carbocycles. The molecule has 2 amide bonds. The van der Waals surface area contributed by atoms with Crippen LogP contribution in [-0.2, 0) is 35.2 Å². The molecule has 6 nitrogen and oxygen atoms in total. The van der Waals surface area contributed by atoms with E-state index in [1.54, 1.807) is 24.0 Å². The quantitative estimate of drug-likeness (QED) is 0.401. The van der Waals surface area contributed by atoms with Gasteiger partial charge in [0.05, 0.1) is 5.56 Å². The third-order valence-corrected chi connectivity index (χ3v) is 6.45. The number of carbonyl (C=O) groups is 2. The second kappa shape index (κ2) is 12.2. The van der Waals surface area contributed by atoms with E-state index in [2.05, 4.69) is 0 Å². The number of benzene rings is 2. The number of amides is 2. The van der Waals surface area contributed by atoms with Crippen LogP contribution in [0.4, 0.5) is 18.0 Å². The van der Waals surface area contributed by atoms with Crippen molar-refractivity contribution in [3.8, 4) is 0 Å². The molecule has 0 radical (unpaired) electrons. The third-order valence-electron chi connectivity index (χ3n) is 6.45. The molecule has 0 fully saturated rings. The van der Waals surface area contributed by atoms with Crippen molar-refractivity contribution in [1.29, 1.82) is 0 Å². The number of nitrogens with zero attached hydrogens (tertiary/aromatic N) is 3. The van der Waals surface area contributed by atoms with E-state index in [0.29, 0.717) is 31.6 Å². The highest BCUT2D eigenvalue weighted by Crippen LogP contribution is 2.33. The van der Waals surface area contributed by atoms with Gasteiger partial charge in [-0.3, -0.25) is 4.79 Å². The summed E-state index contributed by atoms with van der Waals surface area (Å²) in [4.78, 5) is 31.1. The number of hydrogen-bond donors (Lipinski definition) is 0. The fraction of sp³-hybridized carbons (Fsp3) is 0.467. The molecule has 0 saturated heterocycles. The molecule has 1 heterocycles. The Morgan fingerprint density at radius 3 is 2.36 bits per heavy atom. The summed E-state index contributed by atoms with van der Waals surface area (Å²) < 4.78 is 46.4. The van der Waals surface area contributed by atoms with E-state index in [-0.39, 0.29) is 30.7 Å². The summed E-state index contributed by atoms with van der Waals surface area (Å²) >= 11 is 0. The Kier molecular flexibility index (Phi) is 9.48. The Labute approximate surface area is 229 Å². The second-order valence-corrected chi connectivity index (χ2v) is 11.1. The van der Waals surface area contributed by atoms with E-state index >= 15 is 0 Å². The van der Waals surface area contributed by atoms with Crippen molar-refractivity contribution in [1.82, 2.24) is 14.7 Å². The van der Waals surface area contributed by atoms with Crippen LogP contribution in [0.5, 0.6) is 0 Å². The van der Waals surface area contributed by atoms with E-state index in [0.717, 1.165) is 22.8 Å². The predicted molar refractivity (Wildman–Crippen MR) is 146 cm³/mol. The third kappa shape index (κ3) is 8.33. The molecule has 0 atom stereocenters. The molecule has 0 aromatic heterocycles. The van der Waals surface area contributed by atoms with Crippen LogP contribution in [0, 0.1) is 0 Å². The fourth-order valence-electron chi connectivity index (χ4n) is 4.51. The van der Waals surface area contributed by atoms with Crippen molar-refractivity contribution in [3.63, 3.8) is 0 Å². The van der Waals surface area contributed by atoms with Crippen molar-refractivity contribution in [2.75, 3.05) is 33.7 Å². The van der Waals surface area contributed by atoms with Crippen LogP contribution in [0.1, 0.15) is 55.5 Å². The van der Waals surface area contributed by atoms with Crippen LogP contribution in [0.25, 0.3) is 6.08 Å². The maximum absolute atomic E-state index is 13.6. The fourth-order valence-corrected chi connectivity index (χ4v) is 4.51. The highest BCUT2D eigenvalue weighted by molar-refractivity contribution is 5.97. The molecule has 3 rings (SSSR count). The van der Waals surface area contributed by atoms with E-state index in [9.17, 15) is 22.8 Å². The molecule has 1 aliphatic heterocycles. The first-order valence-corrected chi connectivity index (χ1v) is 13.0. The van der Waals surface area contributed by atoms with Crippen LogP contribution in [-0.4, -0.2) is 66.0 Å². The summed E-state index contributed by atoms with van der Waals surface area (Å²) in [5.41, 5.74) is 2.06. The topological polar surface area (TPSA) is 53.1 Å². The van der Waals surface area contributed by atoms with Gasteiger partial charge >= 0.3 is 12.3 Å². The minimum Gasteiger partial charge on any atom is -0.444 e. The number of halogens is 3. The average molecular weight is 546 g/mol. The number of likely N-dealkylation sites (N-methyl/N-ethyl adjacent to an activating group) is 1. The van der Waals surface area contributed by atoms with Crippen molar-refractivity contribution in [2.45, 2.75) is 59.0 Å². The zero-order chi connectivity index (χ0) is 29.0. The van der Waals surface area contributed by atoms with Gasteiger partial charge in [0.2, 0.25) is 5.91 Å².